The smallest absolute Gasteiger partial charge is 0.434 e. The van der Waals surface area contributed by atoms with Crippen molar-refractivity contribution in [2.45, 2.75) is 75.5 Å². The van der Waals surface area contributed by atoms with Crippen molar-refractivity contribution in [3.8, 4) is 5.75 Å². The summed E-state index contributed by atoms with van der Waals surface area (Å²) in [6, 6.07) is 5.67. The second-order valence-corrected chi connectivity index (χ2v) is 11.1. The number of carbonyl (C=O) groups excluding carboxylic acids is 1. The first-order valence-electron chi connectivity index (χ1n) is 13.8. The maximum absolute atomic E-state index is 12.8. The average molecular weight is 632 g/mol. The van der Waals surface area contributed by atoms with Crippen molar-refractivity contribution < 1.29 is 50.5 Å². The zero-order valence-electron chi connectivity index (χ0n) is 23.1. The Morgan fingerprint density at radius 1 is 0.976 bits per heavy atom. The molecule has 3 aliphatic rings. The molecule has 4 rings (SSSR count). The van der Waals surface area contributed by atoms with Gasteiger partial charge >= 0.3 is 18.4 Å². The Hall–Kier alpha value is -2.45. The van der Waals surface area contributed by atoms with Gasteiger partial charge in [-0.3, -0.25) is 14.6 Å². The predicted octanol–water partition coefficient (Wildman–Crippen LogP) is 5.97. The molecule has 0 saturated carbocycles. The highest BCUT2D eigenvalue weighted by Gasteiger charge is 2.60. The van der Waals surface area contributed by atoms with Gasteiger partial charge in [-0.15, -0.1) is 0 Å². The predicted molar refractivity (Wildman–Crippen MR) is 141 cm³/mol. The van der Waals surface area contributed by atoms with Crippen LogP contribution in [0.15, 0.2) is 18.2 Å². The second-order valence-electron chi connectivity index (χ2n) is 10.7. The molecule has 1 amide bonds. The van der Waals surface area contributed by atoms with Crippen molar-refractivity contribution in [2.75, 3.05) is 45.9 Å². The van der Waals surface area contributed by atoms with Crippen molar-refractivity contribution in [3.63, 3.8) is 0 Å². The molecular formula is C27H36ClF6N3O5. The summed E-state index contributed by atoms with van der Waals surface area (Å²) in [5, 5.41) is 7.40. The van der Waals surface area contributed by atoms with Gasteiger partial charge in [0.2, 0.25) is 0 Å². The minimum absolute atomic E-state index is 0.0162. The molecule has 0 radical (unpaired) electrons. The molecule has 1 N–H and O–H groups in total. The van der Waals surface area contributed by atoms with Crippen LogP contribution >= 0.6 is 11.6 Å². The number of likely N-dealkylation sites (tertiary alicyclic amines) is 3. The summed E-state index contributed by atoms with van der Waals surface area (Å²) in [5.74, 6) is 0.622. The Morgan fingerprint density at radius 2 is 1.60 bits per heavy atom. The van der Waals surface area contributed by atoms with E-state index in [2.05, 4.69) is 14.5 Å². The van der Waals surface area contributed by atoms with E-state index in [1.54, 1.807) is 0 Å². The molecule has 0 bridgehead atoms. The fourth-order valence-corrected chi connectivity index (χ4v) is 6.11. The number of hydrogen-bond acceptors (Lipinski definition) is 6. The monoisotopic (exact) mass is 631 g/mol. The van der Waals surface area contributed by atoms with E-state index in [0.717, 1.165) is 49.5 Å². The maximum atomic E-state index is 12.8. The standard InChI is InChI=1S/C26H34ClF6N3O3.CH2O2/c27-20-17-19(5-6-21(20)38-16-15-34-10-2-1-3-11-34)18-36-12-4-7-24(36)8-13-35(14-9-24)23(37)39-22(25(28,29)30)26(31,32)33;2-1-3/h5-6,17,22H,1-4,7-16,18H2;1H,(H,2,3). The van der Waals surface area contributed by atoms with Gasteiger partial charge in [-0.2, -0.15) is 26.3 Å². The summed E-state index contributed by atoms with van der Waals surface area (Å²) in [7, 11) is 0. The van der Waals surface area contributed by atoms with E-state index in [4.69, 9.17) is 26.2 Å². The summed E-state index contributed by atoms with van der Waals surface area (Å²) in [4.78, 5) is 26.1. The lowest BCUT2D eigenvalue weighted by atomic mass is 9.85. The van der Waals surface area contributed by atoms with E-state index in [-0.39, 0.29) is 25.1 Å². The summed E-state index contributed by atoms with van der Waals surface area (Å²) in [6.45, 7) is 4.75. The van der Waals surface area contributed by atoms with Gasteiger partial charge in [0, 0.05) is 31.7 Å². The van der Waals surface area contributed by atoms with Crippen molar-refractivity contribution in [1.82, 2.24) is 14.7 Å². The van der Waals surface area contributed by atoms with Crippen LogP contribution in [0.2, 0.25) is 5.02 Å². The van der Waals surface area contributed by atoms with Crippen LogP contribution in [0.4, 0.5) is 31.1 Å². The van der Waals surface area contributed by atoms with Crippen molar-refractivity contribution in [3.05, 3.63) is 28.8 Å². The number of nitrogens with zero attached hydrogens (tertiary/aromatic N) is 3. The number of hydrogen-bond donors (Lipinski definition) is 1. The van der Waals surface area contributed by atoms with Gasteiger partial charge in [-0.1, -0.05) is 24.1 Å². The van der Waals surface area contributed by atoms with Gasteiger partial charge in [0.1, 0.15) is 12.4 Å². The number of amides is 1. The first-order chi connectivity index (χ1) is 19.8. The highest BCUT2D eigenvalue weighted by Crippen LogP contribution is 2.41. The summed E-state index contributed by atoms with van der Waals surface area (Å²) >= 11 is 6.50. The minimum atomic E-state index is -5.73. The summed E-state index contributed by atoms with van der Waals surface area (Å²) in [5.41, 5.74) is 0.685. The van der Waals surface area contributed by atoms with Crippen LogP contribution in [-0.2, 0) is 16.1 Å². The van der Waals surface area contributed by atoms with Gasteiger partial charge < -0.3 is 19.5 Å². The summed E-state index contributed by atoms with van der Waals surface area (Å²) in [6.07, 6.45) is -10.9. The quantitative estimate of drug-likeness (QED) is 0.294. The molecule has 0 atom stereocenters. The topological polar surface area (TPSA) is 82.6 Å². The molecule has 0 aliphatic carbocycles. The molecule has 1 aromatic rings. The Balaban J connectivity index is 0.00000155. The number of halogens is 7. The maximum Gasteiger partial charge on any atom is 0.434 e. The molecule has 3 fully saturated rings. The van der Waals surface area contributed by atoms with E-state index in [0.29, 0.717) is 36.8 Å². The molecular weight excluding hydrogens is 596 g/mol. The highest BCUT2D eigenvalue weighted by molar-refractivity contribution is 6.32. The molecule has 0 aromatic heterocycles. The van der Waals surface area contributed by atoms with Crippen molar-refractivity contribution >= 4 is 24.2 Å². The first kappa shape index (κ1) is 34.0. The van der Waals surface area contributed by atoms with Gasteiger partial charge in [-0.05, 0) is 75.9 Å². The largest absolute Gasteiger partial charge is 0.491 e. The van der Waals surface area contributed by atoms with Gasteiger partial charge in [0.05, 0.1) is 5.02 Å². The third kappa shape index (κ3) is 9.27. The SMILES string of the molecule is O=C(OC(C(F)(F)F)C(F)(F)F)N1CCC2(CCCN2Cc2ccc(OCCN3CCCCC3)c(Cl)c2)CC1.O=CO. The average Bonchev–Trinajstić information content (AvgIpc) is 3.29. The van der Waals surface area contributed by atoms with E-state index in [1.165, 1.54) is 19.3 Å². The lowest BCUT2D eigenvalue weighted by molar-refractivity contribution is -0.308. The zero-order valence-corrected chi connectivity index (χ0v) is 23.8. The number of carbonyl (C=O) groups is 2. The van der Waals surface area contributed by atoms with Crippen molar-refractivity contribution in [1.29, 1.82) is 0 Å². The Bertz CT molecular complexity index is 1020. The number of ether oxygens (including phenoxy) is 2. The van der Waals surface area contributed by atoms with E-state index in [9.17, 15) is 31.1 Å². The number of alkyl halides is 6. The molecule has 3 heterocycles. The molecule has 238 valence electrons. The van der Waals surface area contributed by atoms with Crippen LogP contribution in [0, 0.1) is 0 Å². The molecule has 3 saturated heterocycles. The fourth-order valence-electron chi connectivity index (χ4n) is 5.86. The minimum Gasteiger partial charge on any atom is -0.491 e. The molecule has 3 aliphatic heterocycles. The highest BCUT2D eigenvalue weighted by atomic mass is 35.5. The summed E-state index contributed by atoms with van der Waals surface area (Å²) < 4.78 is 86.5. The second kappa shape index (κ2) is 14.8. The molecule has 1 aromatic carbocycles. The third-order valence-electron chi connectivity index (χ3n) is 7.99. The van der Waals surface area contributed by atoms with E-state index in [1.807, 2.05) is 18.2 Å². The fraction of sp³-hybridized carbons (Fsp3) is 0.704. The number of rotatable bonds is 7. The van der Waals surface area contributed by atoms with Crippen LogP contribution in [0.3, 0.4) is 0 Å². The lowest BCUT2D eigenvalue weighted by Gasteiger charge is -2.45. The molecule has 8 nitrogen and oxygen atoms in total. The number of carboxylic acid groups (broad SMARTS) is 1. The van der Waals surface area contributed by atoms with Gasteiger partial charge in [0.25, 0.3) is 12.6 Å². The van der Waals surface area contributed by atoms with Crippen LogP contribution in [0.25, 0.3) is 0 Å². The Kier molecular flexibility index (Phi) is 12.0. The van der Waals surface area contributed by atoms with E-state index >= 15 is 0 Å². The van der Waals surface area contributed by atoms with Gasteiger partial charge in [0.15, 0.2) is 0 Å². The molecule has 15 heteroatoms. The first-order valence-corrected chi connectivity index (χ1v) is 14.2. The van der Waals surface area contributed by atoms with Crippen LogP contribution < -0.4 is 4.74 Å². The number of piperidine rings is 2. The Labute approximate surface area is 245 Å². The third-order valence-corrected chi connectivity index (χ3v) is 8.29. The molecule has 1 spiro atoms. The van der Waals surface area contributed by atoms with Gasteiger partial charge in [-0.25, -0.2) is 4.79 Å². The molecule has 42 heavy (non-hydrogen) atoms. The van der Waals surface area contributed by atoms with Crippen molar-refractivity contribution in [2.24, 2.45) is 0 Å². The zero-order chi connectivity index (χ0) is 31.0. The Morgan fingerprint density at radius 3 is 2.17 bits per heavy atom. The lowest BCUT2D eigenvalue weighted by Crippen LogP contribution is -2.54. The van der Waals surface area contributed by atoms with Crippen LogP contribution in [0.1, 0.15) is 50.5 Å². The van der Waals surface area contributed by atoms with E-state index < -0.39 is 24.5 Å². The molecule has 0 unspecified atom stereocenters. The number of benzene rings is 1. The normalized spacial score (nSPS) is 19.9. The van der Waals surface area contributed by atoms with Crippen LogP contribution in [0.5, 0.6) is 5.75 Å². The van der Waals surface area contributed by atoms with Crippen LogP contribution in [-0.4, -0.2) is 102 Å².